The zero-order valence-electron chi connectivity index (χ0n) is 10.4. The summed E-state index contributed by atoms with van der Waals surface area (Å²) in [5, 5.41) is 4.41. The maximum absolute atomic E-state index is 10.9. The minimum absolute atomic E-state index is 0.648. The summed E-state index contributed by atoms with van der Waals surface area (Å²) in [7, 11) is 0. The van der Waals surface area contributed by atoms with Gasteiger partial charge in [0, 0.05) is 6.20 Å². The molecule has 0 amide bonds. The molecule has 2 aromatic rings. The number of hydrogen-bond donors (Lipinski definition) is 0. The largest absolute Gasteiger partial charge is 0.298 e. The molecule has 0 spiro atoms. The van der Waals surface area contributed by atoms with Crippen molar-refractivity contribution in [3.05, 3.63) is 46.8 Å². The van der Waals surface area contributed by atoms with E-state index in [4.69, 9.17) is 0 Å². The minimum Gasteiger partial charge on any atom is -0.298 e. The molecule has 1 aromatic heterocycles. The second-order valence-electron chi connectivity index (χ2n) is 4.17. The molecule has 1 heterocycles. The highest BCUT2D eigenvalue weighted by atomic mass is 16.1. The van der Waals surface area contributed by atoms with Crippen molar-refractivity contribution in [3.63, 3.8) is 0 Å². The Balaban J connectivity index is 2.62. The predicted molar refractivity (Wildman–Crippen MR) is 67.8 cm³/mol. The van der Waals surface area contributed by atoms with E-state index in [-0.39, 0.29) is 0 Å². The van der Waals surface area contributed by atoms with Crippen molar-refractivity contribution in [2.45, 2.75) is 27.2 Å². The summed E-state index contributed by atoms with van der Waals surface area (Å²) in [6.45, 7) is 6.03. The molecule has 0 fully saturated rings. The first-order valence-electron chi connectivity index (χ1n) is 5.77. The van der Waals surface area contributed by atoms with Crippen molar-refractivity contribution >= 4 is 6.29 Å². The highest BCUT2D eigenvalue weighted by Crippen LogP contribution is 2.20. The lowest BCUT2D eigenvalue weighted by molar-refractivity contribution is 0.112. The van der Waals surface area contributed by atoms with Crippen molar-refractivity contribution < 1.29 is 4.79 Å². The quantitative estimate of drug-likeness (QED) is 0.757. The van der Waals surface area contributed by atoms with Gasteiger partial charge >= 0.3 is 0 Å². The standard InChI is InChI=1S/C14H16N2O/c1-4-12-7-5-6-10(2)14(12)16-8-13(9-17)11(3)15-16/h5-9H,4H2,1-3H3. The van der Waals surface area contributed by atoms with E-state index in [0.717, 1.165) is 24.1 Å². The highest BCUT2D eigenvalue weighted by Gasteiger charge is 2.10. The van der Waals surface area contributed by atoms with E-state index >= 15 is 0 Å². The molecule has 3 nitrogen and oxygen atoms in total. The van der Waals surface area contributed by atoms with E-state index < -0.39 is 0 Å². The molecule has 0 atom stereocenters. The number of aryl methyl sites for hydroxylation is 3. The van der Waals surface area contributed by atoms with Gasteiger partial charge in [-0.3, -0.25) is 4.79 Å². The van der Waals surface area contributed by atoms with Gasteiger partial charge in [-0.05, 0) is 31.4 Å². The molecule has 3 heteroatoms. The van der Waals surface area contributed by atoms with E-state index in [0.29, 0.717) is 5.56 Å². The average Bonchev–Trinajstić information content (AvgIpc) is 2.69. The maximum Gasteiger partial charge on any atom is 0.153 e. The van der Waals surface area contributed by atoms with Gasteiger partial charge in [0.2, 0.25) is 0 Å². The number of carbonyl (C=O) groups is 1. The summed E-state index contributed by atoms with van der Waals surface area (Å²) in [5.74, 6) is 0. The lowest BCUT2D eigenvalue weighted by Crippen LogP contribution is -2.02. The zero-order valence-corrected chi connectivity index (χ0v) is 10.4. The van der Waals surface area contributed by atoms with Gasteiger partial charge in [-0.25, -0.2) is 4.68 Å². The van der Waals surface area contributed by atoms with Crippen molar-refractivity contribution in [1.82, 2.24) is 9.78 Å². The van der Waals surface area contributed by atoms with Gasteiger partial charge in [0.05, 0.1) is 16.9 Å². The summed E-state index contributed by atoms with van der Waals surface area (Å²) >= 11 is 0. The first kappa shape index (κ1) is 11.6. The molecule has 0 N–H and O–H groups in total. The van der Waals surface area contributed by atoms with Crippen LogP contribution in [0.2, 0.25) is 0 Å². The predicted octanol–water partition coefficient (Wildman–Crippen LogP) is 2.86. The molecule has 0 unspecified atom stereocenters. The summed E-state index contributed by atoms with van der Waals surface area (Å²) in [4.78, 5) is 10.9. The van der Waals surface area contributed by atoms with Gasteiger partial charge < -0.3 is 0 Å². The summed E-state index contributed by atoms with van der Waals surface area (Å²) < 4.78 is 1.81. The van der Waals surface area contributed by atoms with Gasteiger partial charge in [-0.15, -0.1) is 0 Å². The van der Waals surface area contributed by atoms with Gasteiger partial charge in [0.1, 0.15) is 0 Å². The van der Waals surface area contributed by atoms with Crippen LogP contribution >= 0.6 is 0 Å². The van der Waals surface area contributed by atoms with Crippen LogP contribution in [-0.2, 0) is 6.42 Å². The molecular formula is C14H16N2O. The van der Waals surface area contributed by atoms with Crippen LogP contribution in [0.15, 0.2) is 24.4 Å². The Labute approximate surface area is 101 Å². The lowest BCUT2D eigenvalue weighted by atomic mass is 10.1. The second-order valence-corrected chi connectivity index (χ2v) is 4.17. The Hall–Kier alpha value is -1.90. The van der Waals surface area contributed by atoms with Crippen LogP contribution in [-0.4, -0.2) is 16.1 Å². The third-order valence-corrected chi connectivity index (χ3v) is 3.00. The first-order chi connectivity index (χ1) is 8.17. The van der Waals surface area contributed by atoms with Crippen LogP contribution in [0.25, 0.3) is 5.69 Å². The third-order valence-electron chi connectivity index (χ3n) is 3.00. The van der Waals surface area contributed by atoms with E-state index in [1.165, 1.54) is 11.1 Å². The smallest absolute Gasteiger partial charge is 0.153 e. The minimum atomic E-state index is 0.648. The number of aldehydes is 1. The van der Waals surface area contributed by atoms with E-state index in [1.807, 2.05) is 11.6 Å². The molecule has 0 radical (unpaired) electrons. The monoisotopic (exact) mass is 228 g/mol. The Kier molecular flexibility index (Phi) is 3.09. The van der Waals surface area contributed by atoms with Crippen LogP contribution in [0.5, 0.6) is 0 Å². The van der Waals surface area contributed by atoms with Gasteiger partial charge in [0.25, 0.3) is 0 Å². The van der Waals surface area contributed by atoms with E-state index in [9.17, 15) is 4.79 Å². The summed E-state index contributed by atoms with van der Waals surface area (Å²) in [5.41, 5.74) is 4.92. The Morgan fingerprint density at radius 3 is 2.71 bits per heavy atom. The Morgan fingerprint density at radius 1 is 1.35 bits per heavy atom. The van der Waals surface area contributed by atoms with Crippen molar-refractivity contribution in [3.8, 4) is 5.69 Å². The van der Waals surface area contributed by atoms with Gasteiger partial charge in [-0.2, -0.15) is 5.10 Å². The molecule has 88 valence electrons. The summed E-state index contributed by atoms with van der Waals surface area (Å²) in [6.07, 6.45) is 3.60. The number of carbonyl (C=O) groups excluding carboxylic acids is 1. The Morgan fingerprint density at radius 2 is 2.12 bits per heavy atom. The number of para-hydroxylation sites is 1. The van der Waals surface area contributed by atoms with Gasteiger partial charge in [-0.1, -0.05) is 25.1 Å². The number of rotatable bonds is 3. The van der Waals surface area contributed by atoms with Crippen LogP contribution in [0, 0.1) is 13.8 Å². The van der Waals surface area contributed by atoms with Gasteiger partial charge in [0.15, 0.2) is 6.29 Å². The van der Waals surface area contributed by atoms with Crippen molar-refractivity contribution in [2.75, 3.05) is 0 Å². The first-order valence-corrected chi connectivity index (χ1v) is 5.77. The van der Waals surface area contributed by atoms with E-state index in [2.05, 4.69) is 37.1 Å². The molecule has 0 bridgehead atoms. The molecule has 0 aliphatic carbocycles. The van der Waals surface area contributed by atoms with Crippen LogP contribution in [0.4, 0.5) is 0 Å². The summed E-state index contributed by atoms with van der Waals surface area (Å²) in [6, 6.07) is 6.21. The fraction of sp³-hybridized carbons (Fsp3) is 0.286. The maximum atomic E-state index is 10.9. The Bertz CT molecular complexity index is 555. The third kappa shape index (κ3) is 2.00. The van der Waals surface area contributed by atoms with Crippen molar-refractivity contribution in [1.29, 1.82) is 0 Å². The zero-order chi connectivity index (χ0) is 12.4. The number of hydrogen-bond acceptors (Lipinski definition) is 2. The van der Waals surface area contributed by atoms with E-state index in [1.54, 1.807) is 6.20 Å². The fourth-order valence-corrected chi connectivity index (χ4v) is 2.04. The SMILES string of the molecule is CCc1cccc(C)c1-n1cc(C=O)c(C)n1. The number of nitrogens with zero attached hydrogens (tertiary/aromatic N) is 2. The molecule has 0 saturated carbocycles. The number of aromatic nitrogens is 2. The normalized spacial score (nSPS) is 10.5. The highest BCUT2D eigenvalue weighted by molar-refractivity contribution is 5.76. The molecule has 1 aromatic carbocycles. The number of benzene rings is 1. The second kappa shape index (κ2) is 4.53. The van der Waals surface area contributed by atoms with Crippen molar-refractivity contribution in [2.24, 2.45) is 0 Å². The lowest BCUT2D eigenvalue weighted by Gasteiger charge is -2.10. The molecule has 0 aliphatic rings. The fourth-order valence-electron chi connectivity index (χ4n) is 2.04. The molecule has 0 saturated heterocycles. The van der Waals surface area contributed by atoms with Crippen LogP contribution in [0.3, 0.4) is 0 Å². The van der Waals surface area contributed by atoms with Crippen LogP contribution < -0.4 is 0 Å². The van der Waals surface area contributed by atoms with Crippen LogP contribution in [0.1, 0.15) is 34.1 Å². The average molecular weight is 228 g/mol. The topological polar surface area (TPSA) is 34.9 Å². The molecule has 17 heavy (non-hydrogen) atoms. The molecule has 0 aliphatic heterocycles. The molecular weight excluding hydrogens is 212 g/mol. The molecule has 2 rings (SSSR count).